The van der Waals surface area contributed by atoms with Crippen LogP contribution in [0.3, 0.4) is 0 Å². The van der Waals surface area contributed by atoms with Crippen LogP contribution < -0.4 is 15.4 Å². The minimum absolute atomic E-state index is 0. The van der Waals surface area contributed by atoms with Gasteiger partial charge in [0.05, 0.1) is 7.11 Å². The fourth-order valence-corrected chi connectivity index (χ4v) is 2.40. The van der Waals surface area contributed by atoms with Crippen molar-refractivity contribution in [3.05, 3.63) is 29.8 Å². The number of benzene rings is 1. The van der Waals surface area contributed by atoms with E-state index >= 15 is 0 Å². The number of methoxy groups -OCH3 is 1. The van der Waals surface area contributed by atoms with E-state index in [1.165, 1.54) is 12.0 Å². The van der Waals surface area contributed by atoms with Crippen LogP contribution in [0.4, 0.5) is 0 Å². The van der Waals surface area contributed by atoms with E-state index in [9.17, 15) is 0 Å². The number of guanidine groups is 1. The normalized spacial score (nSPS) is 21.5. The average molecular weight is 417 g/mol. The van der Waals surface area contributed by atoms with Gasteiger partial charge in [0.1, 0.15) is 5.75 Å². The number of ether oxygens (including phenoxy) is 1. The lowest BCUT2D eigenvalue weighted by Gasteiger charge is -2.15. The number of halogens is 1. The predicted octanol–water partition coefficient (Wildman–Crippen LogP) is 3.38. The van der Waals surface area contributed by atoms with E-state index in [-0.39, 0.29) is 24.0 Å². The molecule has 4 nitrogen and oxygen atoms in total. The number of aliphatic imine (C=N–C) groups is 1. The van der Waals surface area contributed by atoms with Crippen molar-refractivity contribution < 1.29 is 4.74 Å². The highest BCUT2D eigenvalue weighted by Crippen LogP contribution is 2.28. The van der Waals surface area contributed by atoms with Gasteiger partial charge in [-0.2, -0.15) is 0 Å². The molecule has 0 bridgehead atoms. The van der Waals surface area contributed by atoms with Crippen molar-refractivity contribution in [2.75, 3.05) is 20.7 Å². The van der Waals surface area contributed by atoms with E-state index in [1.807, 2.05) is 19.2 Å². The average Bonchev–Trinajstić information content (AvgIpc) is 3.21. The van der Waals surface area contributed by atoms with Crippen molar-refractivity contribution in [2.24, 2.45) is 10.9 Å². The van der Waals surface area contributed by atoms with Gasteiger partial charge in [0.25, 0.3) is 0 Å². The van der Waals surface area contributed by atoms with Crippen molar-refractivity contribution in [3.8, 4) is 5.75 Å². The number of rotatable bonds is 6. The summed E-state index contributed by atoms with van der Waals surface area (Å²) in [6.07, 6.45) is 2.33. The summed E-state index contributed by atoms with van der Waals surface area (Å²) in [5, 5.41) is 6.84. The maximum Gasteiger partial charge on any atom is 0.191 e. The Labute approximate surface area is 151 Å². The first-order valence-electron chi connectivity index (χ1n) is 7.75. The topological polar surface area (TPSA) is 45.7 Å². The molecule has 0 radical (unpaired) electrons. The van der Waals surface area contributed by atoms with E-state index in [4.69, 9.17) is 4.74 Å². The molecule has 3 unspecified atom stereocenters. The molecule has 2 rings (SSSR count). The second-order valence-corrected chi connectivity index (χ2v) is 5.93. The maximum atomic E-state index is 5.19. The molecule has 1 aliphatic carbocycles. The third-order valence-electron chi connectivity index (χ3n) is 4.21. The van der Waals surface area contributed by atoms with Gasteiger partial charge in [0.15, 0.2) is 5.96 Å². The summed E-state index contributed by atoms with van der Waals surface area (Å²) in [4.78, 5) is 4.27. The molecule has 1 aromatic rings. The molecule has 1 saturated carbocycles. The van der Waals surface area contributed by atoms with E-state index in [0.717, 1.165) is 30.6 Å². The first-order valence-corrected chi connectivity index (χ1v) is 7.75. The molecular formula is C17H28IN3O. The molecule has 1 fully saturated rings. The third-order valence-corrected chi connectivity index (χ3v) is 4.21. The molecule has 124 valence electrons. The molecule has 3 atom stereocenters. The van der Waals surface area contributed by atoms with Gasteiger partial charge in [-0.15, -0.1) is 24.0 Å². The lowest BCUT2D eigenvalue weighted by molar-refractivity contribution is 0.414. The summed E-state index contributed by atoms with van der Waals surface area (Å²) in [7, 11) is 3.52. The van der Waals surface area contributed by atoms with Gasteiger partial charge in [0.2, 0.25) is 0 Å². The van der Waals surface area contributed by atoms with Crippen LogP contribution in [0.1, 0.15) is 38.2 Å². The molecule has 5 heteroatoms. The molecule has 0 aliphatic heterocycles. The van der Waals surface area contributed by atoms with Crippen LogP contribution in [-0.2, 0) is 0 Å². The first kappa shape index (κ1) is 19.1. The van der Waals surface area contributed by atoms with E-state index < -0.39 is 0 Å². The molecular weight excluding hydrogens is 389 g/mol. The molecule has 0 amide bonds. The van der Waals surface area contributed by atoms with E-state index in [1.54, 1.807) is 7.11 Å². The second-order valence-electron chi connectivity index (χ2n) is 5.93. The quantitative estimate of drug-likeness (QED) is 0.424. The van der Waals surface area contributed by atoms with Gasteiger partial charge in [-0.05, 0) is 42.4 Å². The van der Waals surface area contributed by atoms with E-state index in [2.05, 4.69) is 41.6 Å². The first-order chi connectivity index (χ1) is 10.1. The lowest BCUT2D eigenvalue weighted by atomic mass is 9.98. The van der Waals surface area contributed by atoms with E-state index in [0.29, 0.717) is 12.0 Å². The van der Waals surface area contributed by atoms with Crippen molar-refractivity contribution >= 4 is 29.9 Å². The van der Waals surface area contributed by atoms with Crippen molar-refractivity contribution in [3.63, 3.8) is 0 Å². The Balaban J connectivity index is 0.00000242. The highest BCUT2D eigenvalue weighted by molar-refractivity contribution is 14.0. The van der Waals surface area contributed by atoms with Gasteiger partial charge in [-0.1, -0.05) is 26.0 Å². The Morgan fingerprint density at radius 2 is 2.00 bits per heavy atom. The lowest BCUT2D eigenvalue weighted by Crippen LogP contribution is -2.39. The number of nitrogens with zero attached hydrogens (tertiary/aromatic N) is 1. The van der Waals surface area contributed by atoms with Crippen LogP contribution in [0.15, 0.2) is 29.3 Å². The monoisotopic (exact) mass is 417 g/mol. The molecule has 1 aromatic carbocycles. The van der Waals surface area contributed by atoms with Gasteiger partial charge in [0, 0.05) is 19.6 Å². The zero-order valence-electron chi connectivity index (χ0n) is 13.9. The zero-order valence-corrected chi connectivity index (χ0v) is 16.3. The Morgan fingerprint density at radius 1 is 1.36 bits per heavy atom. The van der Waals surface area contributed by atoms with Crippen molar-refractivity contribution in [1.82, 2.24) is 10.6 Å². The van der Waals surface area contributed by atoms with Crippen LogP contribution in [0.2, 0.25) is 0 Å². The summed E-state index contributed by atoms with van der Waals surface area (Å²) in [6, 6.07) is 8.93. The molecule has 0 saturated heterocycles. The summed E-state index contributed by atoms with van der Waals surface area (Å²) in [5.74, 6) is 3.13. The smallest absolute Gasteiger partial charge is 0.191 e. The number of hydrogen-bond acceptors (Lipinski definition) is 2. The van der Waals surface area contributed by atoms with Crippen molar-refractivity contribution in [2.45, 2.75) is 38.6 Å². The Bertz CT molecular complexity index is 475. The molecule has 0 aromatic heterocycles. The standard InChI is InChI=1S/C17H27N3O.HI/c1-12(14-5-7-15(21-4)8-6-14)9-10-19-17(18-3)20-16-11-13(16)2;/h5-8,12-13,16H,9-11H2,1-4H3,(H2,18,19,20);1H. The van der Waals surface area contributed by atoms with Crippen LogP contribution in [0.5, 0.6) is 5.75 Å². The van der Waals surface area contributed by atoms with Crippen LogP contribution in [-0.4, -0.2) is 32.7 Å². The number of nitrogens with one attached hydrogen (secondary N) is 2. The van der Waals surface area contributed by atoms with Gasteiger partial charge in [-0.25, -0.2) is 0 Å². The molecule has 0 heterocycles. The third kappa shape index (κ3) is 5.66. The zero-order chi connectivity index (χ0) is 15.2. The van der Waals surface area contributed by atoms with Crippen LogP contribution in [0.25, 0.3) is 0 Å². The molecule has 0 spiro atoms. The van der Waals surface area contributed by atoms with Gasteiger partial charge in [-0.3, -0.25) is 4.99 Å². The highest BCUT2D eigenvalue weighted by atomic mass is 127. The Kier molecular flexibility index (Phi) is 8.00. The summed E-state index contributed by atoms with van der Waals surface area (Å²) < 4.78 is 5.19. The summed E-state index contributed by atoms with van der Waals surface area (Å²) >= 11 is 0. The fourth-order valence-electron chi connectivity index (χ4n) is 2.40. The fraction of sp³-hybridized carbons (Fsp3) is 0.588. The van der Waals surface area contributed by atoms with Crippen LogP contribution in [0, 0.1) is 5.92 Å². The van der Waals surface area contributed by atoms with Crippen molar-refractivity contribution in [1.29, 1.82) is 0 Å². The minimum atomic E-state index is 0. The summed E-state index contributed by atoms with van der Waals surface area (Å²) in [5.41, 5.74) is 1.34. The summed E-state index contributed by atoms with van der Waals surface area (Å²) in [6.45, 7) is 5.44. The minimum Gasteiger partial charge on any atom is -0.497 e. The SMILES string of the molecule is CN=C(NCCC(C)c1ccc(OC)cc1)NC1CC1C.I. The predicted molar refractivity (Wildman–Crippen MR) is 104 cm³/mol. The molecule has 2 N–H and O–H groups in total. The Morgan fingerprint density at radius 3 is 2.50 bits per heavy atom. The van der Waals surface area contributed by atoms with Crippen LogP contribution >= 0.6 is 24.0 Å². The maximum absolute atomic E-state index is 5.19. The largest absolute Gasteiger partial charge is 0.497 e. The van der Waals surface area contributed by atoms with Gasteiger partial charge >= 0.3 is 0 Å². The molecule has 1 aliphatic rings. The number of hydrogen-bond donors (Lipinski definition) is 2. The Hall–Kier alpha value is -0.980. The second kappa shape index (κ2) is 9.22. The highest BCUT2D eigenvalue weighted by Gasteiger charge is 2.33. The van der Waals surface area contributed by atoms with Gasteiger partial charge < -0.3 is 15.4 Å². The molecule has 22 heavy (non-hydrogen) atoms.